The zero-order valence-electron chi connectivity index (χ0n) is 6.37. The van der Waals surface area contributed by atoms with Crippen LogP contribution in [0.2, 0.25) is 0 Å². The van der Waals surface area contributed by atoms with Crippen LogP contribution in [0.15, 0.2) is 11.6 Å². The lowest BCUT2D eigenvalue weighted by atomic mass is 10.3. The molecule has 1 atom stereocenters. The molecule has 1 heterocycles. The Bertz CT molecular complexity index is 246. The van der Waals surface area contributed by atoms with Crippen molar-refractivity contribution in [3.05, 3.63) is 11.6 Å². The number of halogens is 1. The van der Waals surface area contributed by atoms with Gasteiger partial charge in [-0.25, -0.2) is 4.79 Å². The zero-order valence-corrected chi connectivity index (χ0v) is 7.13. The van der Waals surface area contributed by atoms with Crippen LogP contribution in [0.25, 0.3) is 0 Å². The van der Waals surface area contributed by atoms with Crippen molar-refractivity contribution in [1.82, 2.24) is 0 Å². The van der Waals surface area contributed by atoms with Crippen LogP contribution in [0.3, 0.4) is 0 Å². The normalized spacial score (nSPS) is 18.2. The number of rotatable bonds is 2. The summed E-state index contributed by atoms with van der Waals surface area (Å²) < 4.78 is 9.17. The van der Waals surface area contributed by atoms with Gasteiger partial charge in [0.1, 0.15) is 6.61 Å². The molecule has 4 nitrogen and oxygen atoms in total. The lowest BCUT2D eigenvalue weighted by Gasteiger charge is -2.08. The van der Waals surface area contributed by atoms with Gasteiger partial charge >= 0.3 is 11.9 Å². The van der Waals surface area contributed by atoms with Crippen molar-refractivity contribution in [2.75, 3.05) is 6.61 Å². The van der Waals surface area contributed by atoms with Crippen LogP contribution < -0.4 is 0 Å². The van der Waals surface area contributed by atoms with E-state index in [0.717, 1.165) is 0 Å². The molecule has 0 fully saturated rings. The first-order chi connectivity index (χ1) is 5.59. The van der Waals surface area contributed by atoms with E-state index >= 15 is 0 Å². The topological polar surface area (TPSA) is 52.6 Å². The van der Waals surface area contributed by atoms with Gasteiger partial charge in [-0.15, -0.1) is 0 Å². The van der Waals surface area contributed by atoms with E-state index in [9.17, 15) is 9.59 Å². The number of carbonyl (C=O) groups excluding carboxylic acids is 2. The van der Waals surface area contributed by atoms with Crippen molar-refractivity contribution in [2.24, 2.45) is 0 Å². The minimum atomic E-state index is -0.894. The Labute approximate surface area is 74.1 Å². The van der Waals surface area contributed by atoms with Crippen LogP contribution >= 0.6 is 11.6 Å². The van der Waals surface area contributed by atoms with Crippen molar-refractivity contribution in [3.63, 3.8) is 0 Å². The van der Waals surface area contributed by atoms with Crippen molar-refractivity contribution in [1.29, 1.82) is 0 Å². The first-order valence-corrected chi connectivity index (χ1v) is 3.72. The molecule has 0 saturated heterocycles. The summed E-state index contributed by atoms with van der Waals surface area (Å²) in [6, 6.07) is 0. The summed E-state index contributed by atoms with van der Waals surface area (Å²) in [5.41, 5.74) is -0.425. The monoisotopic (exact) mass is 190 g/mol. The summed E-state index contributed by atoms with van der Waals surface area (Å²) in [7, 11) is 0. The number of hydrogen-bond donors (Lipinski definition) is 0. The third-order valence-electron chi connectivity index (χ3n) is 1.25. The molecule has 0 aromatic heterocycles. The Hall–Kier alpha value is -1.03. The highest BCUT2D eigenvalue weighted by Crippen LogP contribution is 2.16. The molecule has 0 bridgehead atoms. The van der Waals surface area contributed by atoms with E-state index in [2.05, 4.69) is 9.47 Å². The summed E-state index contributed by atoms with van der Waals surface area (Å²) in [5.74, 6) is -0.946. The van der Waals surface area contributed by atoms with E-state index in [1.54, 1.807) is 0 Å². The molecule has 0 amide bonds. The molecule has 0 N–H and O–H groups in total. The largest absolute Gasteiger partial charge is 0.458 e. The molecule has 0 aliphatic carbocycles. The second-order valence-electron chi connectivity index (χ2n) is 2.25. The molecule has 1 unspecified atom stereocenters. The maximum Gasteiger partial charge on any atom is 0.331 e. The summed E-state index contributed by atoms with van der Waals surface area (Å²) in [6.07, 6.45) is 1.22. The predicted octanol–water partition coefficient (Wildman–Crippen LogP) is 0.598. The van der Waals surface area contributed by atoms with Crippen LogP contribution in [0.1, 0.15) is 6.92 Å². The first-order valence-electron chi connectivity index (χ1n) is 3.28. The Balaban J connectivity index is 2.53. The fraction of sp³-hybridized carbons (Fsp3) is 0.429. The Morgan fingerprint density at radius 3 is 2.92 bits per heavy atom. The predicted molar refractivity (Wildman–Crippen MR) is 40.4 cm³/mol. The van der Waals surface area contributed by atoms with Gasteiger partial charge in [-0.3, -0.25) is 4.79 Å². The maximum atomic E-state index is 10.5. The summed E-state index contributed by atoms with van der Waals surface area (Å²) >= 11 is 5.60. The van der Waals surface area contributed by atoms with Crippen LogP contribution in [0.4, 0.5) is 0 Å². The SMILES string of the molecule is CC(=O)OC(Cl)C1=CC(=O)OC1. The van der Waals surface area contributed by atoms with Crippen molar-refractivity contribution < 1.29 is 19.1 Å². The molecule has 66 valence electrons. The quantitative estimate of drug-likeness (QED) is 0.473. The van der Waals surface area contributed by atoms with E-state index in [-0.39, 0.29) is 6.61 Å². The van der Waals surface area contributed by atoms with Crippen molar-refractivity contribution >= 4 is 23.5 Å². The third kappa shape index (κ3) is 2.23. The highest BCUT2D eigenvalue weighted by Gasteiger charge is 2.21. The van der Waals surface area contributed by atoms with Crippen LogP contribution in [0, 0.1) is 0 Å². The summed E-state index contributed by atoms with van der Waals surface area (Å²) in [5, 5.41) is 0. The molecule has 0 aromatic carbocycles. The van der Waals surface area contributed by atoms with Crippen molar-refractivity contribution in [2.45, 2.75) is 12.5 Å². The third-order valence-corrected chi connectivity index (χ3v) is 1.61. The van der Waals surface area contributed by atoms with Gasteiger partial charge < -0.3 is 9.47 Å². The highest BCUT2D eigenvalue weighted by molar-refractivity contribution is 6.22. The Kier molecular flexibility index (Phi) is 2.70. The van der Waals surface area contributed by atoms with Gasteiger partial charge in [-0.2, -0.15) is 0 Å². The number of alkyl halides is 1. The van der Waals surface area contributed by atoms with Crippen LogP contribution in [-0.2, 0) is 19.1 Å². The van der Waals surface area contributed by atoms with E-state index in [1.165, 1.54) is 13.0 Å². The molecule has 0 radical (unpaired) electrons. The van der Waals surface area contributed by atoms with Gasteiger partial charge in [-0.05, 0) is 0 Å². The molecule has 1 aliphatic heterocycles. The molecule has 1 rings (SSSR count). The summed E-state index contributed by atoms with van der Waals surface area (Å²) in [6.45, 7) is 1.34. The number of hydrogen-bond acceptors (Lipinski definition) is 4. The number of carbonyl (C=O) groups is 2. The fourth-order valence-electron chi connectivity index (χ4n) is 0.742. The second-order valence-corrected chi connectivity index (χ2v) is 2.65. The number of esters is 2. The molecule has 0 aromatic rings. The molecule has 1 aliphatic rings. The molecular weight excluding hydrogens is 184 g/mol. The second kappa shape index (κ2) is 3.58. The molecule has 5 heteroatoms. The maximum absolute atomic E-state index is 10.5. The van der Waals surface area contributed by atoms with Gasteiger partial charge in [0.15, 0.2) is 0 Å². The Morgan fingerprint density at radius 1 is 1.83 bits per heavy atom. The average Bonchev–Trinajstić information content (AvgIpc) is 2.34. The van der Waals surface area contributed by atoms with Gasteiger partial charge in [-0.1, -0.05) is 11.6 Å². The van der Waals surface area contributed by atoms with Gasteiger partial charge in [0.25, 0.3) is 0 Å². The fourth-order valence-corrected chi connectivity index (χ4v) is 0.993. The lowest BCUT2D eigenvalue weighted by Crippen LogP contribution is -2.13. The molecular formula is C7H7ClO4. The molecule has 12 heavy (non-hydrogen) atoms. The van der Waals surface area contributed by atoms with Crippen LogP contribution in [0.5, 0.6) is 0 Å². The minimum Gasteiger partial charge on any atom is -0.458 e. The smallest absolute Gasteiger partial charge is 0.331 e. The Morgan fingerprint density at radius 2 is 2.50 bits per heavy atom. The lowest BCUT2D eigenvalue weighted by molar-refractivity contribution is -0.141. The highest BCUT2D eigenvalue weighted by atomic mass is 35.5. The van der Waals surface area contributed by atoms with E-state index in [1.807, 2.05) is 0 Å². The van der Waals surface area contributed by atoms with E-state index in [4.69, 9.17) is 11.6 Å². The average molecular weight is 191 g/mol. The number of ether oxygens (including phenoxy) is 2. The van der Waals surface area contributed by atoms with E-state index in [0.29, 0.717) is 5.57 Å². The van der Waals surface area contributed by atoms with Crippen molar-refractivity contribution in [3.8, 4) is 0 Å². The standard InChI is InChI=1S/C7H7ClO4/c1-4(9)12-7(8)5-2-6(10)11-3-5/h2,7H,3H2,1H3. The molecule has 0 saturated carbocycles. The minimum absolute atomic E-state index is 0.0975. The molecule has 0 spiro atoms. The van der Waals surface area contributed by atoms with Crippen LogP contribution in [-0.4, -0.2) is 24.1 Å². The van der Waals surface area contributed by atoms with Gasteiger partial charge in [0.2, 0.25) is 5.56 Å². The van der Waals surface area contributed by atoms with Gasteiger partial charge in [0, 0.05) is 18.6 Å². The van der Waals surface area contributed by atoms with E-state index < -0.39 is 17.5 Å². The number of cyclic esters (lactones) is 1. The first kappa shape index (κ1) is 9.06. The van der Waals surface area contributed by atoms with Gasteiger partial charge in [0.05, 0.1) is 0 Å². The summed E-state index contributed by atoms with van der Waals surface area (Å²) in [4.78, 5) is 21.0. The zero-order chi connectivity index (χ0) is 9.14.